The number of nitrogens with one attached hydrogen (secondary N) is 1. The third-order valence-electron chi connectivity index (χ3n) is 3.46. The van der Waals surface area contributed by atoms with E-state index in [1.165, 1.54) is 0 Å². The highest BCUT2D eigenvalue weighted by Crippen LogP contribution is 2.25. The van der Waals surface area contributed by atoms with Crippen molar-refractivity contribution < 1.29 is 9.53 Å². The molecule has 0 saturated carbocycles. The van der Waals surface area contributed by atoms with Crippen molar-refractivity contribution in [3.63, 3.8) is 0 Å². The molecule has 0 aliphatic rings. The van der Waals surface area contributed by atoms with Crippen molar-refractivity contribution >= 4 is 34.0 Å². The first kappa shape index (κ1) is 14.7. The maximum absolute atomic E-state index is 12.3. The molecule has 0 fully saturated rings. The summed E-state index contributed by atoms with van der Waals surface area (Å²) in [6.07, 6.45) is 2.00. The Hall–Kier alpha value is -2.25. The summed E-state index contributed by atoms with van der Waals surface area (Å²) in [5.41, 5.74) is 2.49. The number of anilines is 1. The zero-order chi connectivity index (χ0) is 15.5. The van der Waals surface area contributed by atoms with Gasteiger partial charge in [-0.15, -0.1) is 5.10 Å². The molecule has 0 saturated heterocycles. The smallest absolute Gasteiger partial charge is 0.269 e. The first-order valence-electron chi connectivity index (χ1n) is 6.88. The Labute approximate surface area is 131 Å². The van der Waals surface area contributed by atoms with Gasteiger partial charge in [0.15, 0.2) is 0 Å². The van der Waals surface area contributed by atoms with Crippen LogP contribution >= 0.6 is 11.5 Å². The molecule has 7 heteroatoms. The molecule has 1 N–H and O–H groups in total. The number of methoxy groups -OCH3 is 1. The highest BCUT2D eigenvalue weighted by Gasteiger charge is 2.15. The summed E-state index contributed by atoms with van der Waals surface area (Å²) in [7, 11) is 1.68. The highest BCUT2D eigenvalue weighted by molar-refractivity contribution is 7.08. The van der Waals surface area contributed by atoms with Crippen LogP contribution in [0, 0.1) is 6.92 Å². The molecule has 1 amide bonds. The molecule has 3 aromatic rings. The Kier molecular flexibility index (Phi) is 4.17. The predicted molar refractivity (Wildman–Crippen MR) is 86.4 cm³/mol. The number of rotatable bonds is 5. The predicted octanol–water partition coefficient (Wildman–Crippen LogP) is 2.70. The van der Waals surface area contributed by atoms with Crippen LogP contribution in [-0.4, -0.2) is 33.8 Å². The van der Waals surface area contributed by atoms with E-state index < -0.39 is 0 Å². The molecule has 0 unspecified atom stereocenters. The lowest BCUT2D eigenvalue weighted by Gasteiger charge is -2.08. The molecule has 22 heavy (non-hydrogen) atoms. The van der Waals surface area contributed by atoms with E-state index in [4.69, 9.17) is 4.74 Å². The van der Waals surface area contributed by atoms with Crippen LogP contribution in [0.2, 0.25) is 0 Å². The van der Waals surface area contributed by atoms with E-state index >= 15 is 0 Å². The summed E-state index contributed by atoms with van der Waals surface area (Å²) in [6.45, 7) is 3.20. The number of amides is 1. The maximum atomic E-state index is 12.3. The molecule has 2 heterocycles. The van der Waals surface area contributed by atoms with Crippen LogP contribution in [0.5, 0.6) is 0 Å². The van der Waals surface area contributed by atoms with Crippen molar-refractivity contribution in [2.24, 2.45) is 0 Å². The number of fused-ring (bicyclic) bond motifs is 1. The summed E-state index contributed by atoms with van der Waals surface area (Å²) in [6, 6.07) is 7.85. The number of carbonyl (C=O) groups excluding carboxylic acids is 1. The number of aryl methyl sites for hydroxylation is 1. The van der Waals surface area contributed by atoms with E-state index in [0.717, 1.165) is 34.7 Å². The number of nitrogens with zero attached hydrogens (tertiary/aromatic N) is 3. The lowest BCUT2D eigenvalue weighted by molar-refractivity contribution is 0.103. The largest absolute Gasteiger partial charge is 0.383 e. The lowest BCUT2D eigenvalue weighted by atomic mass is 10.2. The molecule has 114 valence electrons. The fourth-order valence-corrected chi connectivity index (χ4v) is 2.89. The van der Waals surface area contributed by atoms with Crippen LogP contribution in [0.15, 0.2) is 30.5 Å². The Balaban J connectivity index is 1.90. The summed E-state index contributed by atoms with van der Waals surface area (Å²) in [5.74, 6) is -0.176. The molecule has 2 aromatic heterocycles. The maximum Gasteiger partial charge on any atom is 0.269 e. The van der Waals surface area contributed by atoms with Crippen molar-refractivity contribution in [2.45, 2.75) is 13.5 Å². The molecule has 0 spiro atoms. The number of hydrogen-bond acceptors (Lipinski definition) is 5. The lowest BCUT2D eigenvalue weighted by Crippen LogP contribution is -2.11. The van der Waals surface area contributed by atoms with Gasteiger partial charge in [0, 0.05) is 25.2 Å². The van der Waals surface area contributed by atoms with Crippen LogP contribution in [0.25, 0.3) is 10.9 Å². The average molecular weight is 316 g/mol. The fraction of sp³-hybridized carbons (Fsp3) is 0.267. The monoisotopic (exact) mass is 316 g/mol. The minimum atomic E-state index is -0.176. The van der Waals surface area contributed by atoms with Gasteiger partial charge in [0.25, 0.3) is 5.91 Å². The molecule has 0 aliphatic carbocycles. The molecule has 3 rings (SSSR count). The van der Waals surface area contributed by atoms with E-state index in [9.17, 15) is 4.79 Å². The minimum absolute atomic E-state index is 0.176. The third-order valence-corrected chi connectivity index (χ3v) is 4.28. The molecule has 6 nitrogen and oxygen atoms in total. The zero-order valence-corrected chi connectivity index (χ0v) is 13.2. The Morgan fingerprint density at radius 3 is 3.00 bits per heavy atom. The van der Waals surface area contributed by atoms with E-state index in [0.29, 0.717) is 17.2 Å². The van der Waals surface area contributed by atoms with E-state index in [1.54, 1.807) is 14.0 Å². The van der Waals surface area contributed by atoms with Gasteiger partial charge in [-0.2, -0.15) is 0 Å². The molecular weight excluding hydrogens is 300 g/mol. The summed E-state index contributed by atoms with van der Waals surface area (Å²) in [5, 5.41) is 7.82. The average Bonchev–Trinajstić information content (AvgIpc) is 3.12. The number of benzene rings is 1. The standard InChI is InChI=1S/C15H16N4O2S/c1-10-14(22-18-17-10)15(20)16-12-4-3-5-13-11(12)6-7-19(13)8-9-21-2/h3-7H,8-9H2,1-2H3,(H,16,20). The number of hydrogen-bond donors (Lipinski definition) is 1. The van der Waals surface area contributed by atoms with Gasteiger partial charge in [-0.1, -0.05) is 10.6 Å². The van der Waals surface area contributed by atoms with Crippen molar-refractivity contribution in [1.29, 1.82) is 0 Å². The van der Waals surface area contributed by atoms with Gasteiger partial charge in [-0.05, 0) is 36.7 Å². The highest BCUT2D eigenvalue weighted by atomic mass is 32.1. The number of ether oxygens (including phenoxy) is 1. The Morgan fingerprint density at radius 2 is 2.27 bits per heavy atom. The number of aromatic nitrogens is 3. The summed E-state index contributed by atoms with van der Waals surface area (Å²) < 4.78 is 11.0. The van der Waals surface area contributed by atoms with Gasteiger partial charge in [-0.3, -0.25) is 4.79 Å². The fourth-order valence-electron chi connectivity index (χ4n) is 2.34. The van der Waals surface area contributed by atoms with Gasteiger partial charge in [0.05, 0.1) is 23.5 Å². The summed E-state index contributed by atoms with van der Waals surface area (Å²) >= 11 is 1.10. The van der Waals surface area contributed by atoms with Crippen molar-refractivity contribution in [1.82, 2.24) is 14.2 Å². The zero-order valence-electron chi connectivity index (χ0n) is 12.4. The molecule has 0 atom stereocenters. The van der Waals surface area contributed by atoms with Crippen molar-refractivity contribution in [2.75, 3.05) is 19.0 Å². The van der Waals surface area contributed by atoms with Gasteiger partial charge in [0.1, 0.15) is 4.88 Å². The van der Waals surface area contributed by atoms with Crippen LogP contribution in [0.3, 0.4) is 0 Å². The van der Waals surface area contributed by atoms with Crippen molar-refractivity contribution in [3.05, 3.63) is 41.0 Å². The SMILES string of the molecule is COCCn1ccc2c(NC(=O)c3snnc3C)cccc21. The first-order chi connectivity index (χ1) is 10.7. The second-order valence-corrected chi connectivity index (χ2v) is 5.64. The Bertz CT molecular complexity index is 809. The normalized spacial score (nSPS) is 11.0. The quantitative estimate of drug-likeness (QED) is 0.786. The van der Waals surface area contributed by atoms with Crippen LogP contribution < -0.4 is 5.32 Å². The van der Waals surface area contributed by atoms with Crippen molar-refractivity contribution in [3.8, 4) is 0 Å². The third kappa shape index (κ3) is 2.72. The molecular formula is C15H16N4O2S. The van der Waals surface area contributed by atoms with E-state index in [2.05, 4.69) is 19.5 Å². The molecule has 0 bridgehead atoms. The Morgan fingerprint density at radius 1 is 1.41 bits per heavy atom. The van der Waals surface area contributed by atoms with Gasteiger partial charge >= 0.3 is 0 Å². The van der Waals surface area contributed by atoms with Crippen LogP contribution in [-0.2, 0) is 11.3 Å². The molecule has 1 aromatic carbocycles. The number of carbonyl (C=O) groups is 1. The second kappa shape index (κ2) is 6.25. The van der Waals surface area contributed by atoms with Gasteiger partial charge in [0.2, 0.25) is 0 Å². The molecule has 0 radical (unpaired) electrons. The summed E-state index contributed by atoms with van der Waals surface area (Å²) in [4.78, 5) is 12.8. The van der Waals surface area contributed by atoms with Crippen LogP contribution in [0.1, 0.15) is 15.4 Å². The first-order valence-corrected chi connectivity index (χ1v) is 7.65. The molecule has 0 aliphatic heterocycles. The topological polar surface area (TPSA) is 69.0 Å². The van der Waals surface area contributed by atoms with Crippen LogP contribution in [0.4, 0.5) is 5.69 Å². The van der Waals surface area contributed by atoms with E-state index in [1.807, 2.05) is 30.5 Å². The van der Waals surface area contributed by atoms with E-state index in [-0.39, 0.29) is 5.91 Å². The van der Waals surface area contributed by atoms with Gasteiger partial charge < -0.3 is 14.6 Å². The van der Waals surface area contributed by atoms with Gasteiger partial charge in [-0.25, -0.2) is 0 Å². The second-order valence-electron chi connectivity index (χ2n) is 4.88. The minimum Gasteiger partial charge on any atom is -0.383 e.